The fourth-order valence-corrected chi connectivity index (χ4v) is 3.75. The molecule has 0 aromatic heterocycles. The third-order valence-corrected chi connectivity index (χ3v) is 4.79. The smallest absolute Gasteiger partial charge is 0.251 e. The van der Waals surface area contributed by atoms with Crippen LogP contribution in [0.5, 0.6) is 0 Å². The molecule has 1 amide bonds. The minimum Gasteiger partial charge on any atom is -0.366 e. The van der Waals surface area contributed by atoms with Gasteiger partial charge in [0, 0.05) is 49.0 Å². The van der Waals surface area contributed by atoms with Crippen LogP contribution in [0.4, 0.5) is 5.69 Å². The summed E-state index contributed by atoms with van der Waals surface area (Å²) in [7, 11) is 1.66. The van der Waals surface area contributed by atoms with Gasteiger partial charge in [0.15, 0.2) is 0 Å². The number of carbonyl (C=O) groups excluding carboxylic acids is 1. The predicted molar refractivity (Wildman–Crippen MR) is 85.8 cm³/mol. The topological polar surface area (TPSA) is 35.6 Å². The fraction of sp³-hybridized carbons (Fsp3) is 0.588. The Morgan fingerprint density at radius 1 is 1.14 bits per heavy atom. The van der Waals surface area contributed by atoms with Gasteiger partial charge in [-0.25, -0.2) is 0 Å². The maximum atomic E-state index is 11.6. The van der Waals surface area contributed by atoms with E-state index in [2.05, 4.69) is 48.0 Å². The number of hydrogen-bond donors (Lipinski definition) is 1. The van der Waals surface area contributed by atoms with E-state index in [-0.39, 0.29) is 11.4 Å². The SMILES string of the molecule is CNC(=O)c1ccc(N2C[C@@H]3C[C@H]2CN3C(C)(C)C)cc1. The molecule has 0 spiro atoms. The Kier molecular flexibility index (Phi) is 3.44. The summed E-state index contributed by atoms with van der Waals surface area (Å²) >= 11 is 0. The molecule has 0 radical (unpaired) electrons. The molecule has 4 heteroatoms. The standard InChI is InChI=1S/C17H25N3O/c1-17(2,3)20-11-14-9-15(20)10-19(14)13-7-5-12(6-8-13)16(21)18-4/h5-8,14-15H,9-11H2,1-4H3,(H,18,21)/t14-,15-/m0/s1. The van der Waals surface area contributed by atoms with Crippen molar-refractivity contribution in [1.82, 2.24) is 10.2 Å². The average molecular weight is 287 g/mol. The summed E-state index contributed by atoms with van der Waals surface area (Å²) in [5.41, 5.74) is 2.22. The summed E-state index contributed by atoms with van der Waals surface area (Å²) in [6, 6.07) is 9.26. The van der Waals surface area contributed by atoms with Crippen molar-refractivity contribution in [1.29, 1.82) is 0 Å². The third kappa shape index (κ3) is 2.53. The molecule has 2 bridgehead atoms. The fourth-order valence-electron chi connectivity index (χ4n) is 3.75. The first-order valence-electron chi connectivity index (χ1n) is 7.75. The zero-order valence-electron chi connectivity index (χ0n) is 13.4. The average Bonchev–Trinajstić information content (AvgIpc) is 3.06. The summed E-state index contributed by atoms with van der Waals surface area (Å²) in [5, 5.41) is 2.66. The number of rotatable bonds is 2. The molecule has 0 saturated carbocycles. The zero-order valence-corrected chi connectivity index (χ0v) is 13.4. The Bertz CT molecular complexity index is 532. The van der Waals surface area contributed by atoms with Gasteiger partial charge < -0.3 is 10.2 Å². The number of benzene rings is 1. The van der Waals surface area contributed by atoms with Gasteiger partial charge in [0.25, 0.3) is 5.91 Å². The van der Waals surface area contributed by atoms with E-state index in [1.54, 1.807) is 7.05 Å². The summed E-state index contributed by atoms with van der Waals surface area (Å²) in [4.78, 5) is 16.7. The highest BCUT2D eigenvalue weighted by atomic mass is 16.1. The molecule has 4 nitrogen and oxygen atoms in total. The molecule has 2 saturated heterocycles. The Hall–Kier alpha value is -1.55. The minimum absolute atomic E-state index is 0.0246. The van der Waals surface area contributed by atoms with Crippen LogP contribution in [0.3, 0.4) is 0 Å². The van der Waals surface area contributed by atoms with E-state index >= 15 is 0 Å². The Balaban J connectivity index is 1.72. The largest absolute Gasteiger partial charge is 0.366 e. The molecule has 2 fully saturated rings. The Morgan fingerprint density at radius 3 is 2.29 bits per heavy atom. The van der Waals surface area contributed by atoms with E-state index < -0.39 is 0 Å². The maximum Gasteiger partial charge on any atom is 0.251 e. The monoisotopic (exact) mass is 287 g/mol. The number of anilines is 1. The van der Waals surface area contributed by atoms with E-state index in [4.69, 9.17) is 0 Å². The molecule has 2 heterocycles. The third-order valence-electron chi connectivity index (χ3n) is 4.79. The van der Waals surface area contributed by atoms with Crippen molar-refractivity contribution in [2.24, 2.45) is 0 Å². The van der Waals surface area contributed by atoms with Gasteiger partial charge in [0.05, 0.1) is 0 Å². The zero-order chi connectivity index (χ0) is 15.2. The Labute approximate surface area is 127 Å². The molecular weight excluding hydrogens is 262 g/mol. The van der Waals surface area contributed by atoms with E-state index in [0.717, 1.165) is 18.7 Å². The van der Waals surface area contributed by atoms with Crippen molar-refractivity contribution in [3.05, 3.63) is 29.8 Å². The first kappa shape index (κ1) is 14.4. The number of nitrogens with zero attached hydrogens (tertiary/aromatic N) is 2. The molecular formula is C17H25N3O. The maximum absolute atomic E-state index is 11.6. The molecule has 2 atom stereocenters. The Morgan fingerprint density at radius 2 is 1.81 bits per heavy atom. The molecule has 21 heavy (non-hydrogen) atoms. The van der Waals surface area contributed by atoms with E-state index in [1.165, 1.54) is 12.1 Å². The van der Waals surface area contributed by atoms with Crippen LogP contribution in [0.25, 0.3) is 0 Å². The van der Waals surface area contributed by atoms with E-state index in [0.29, 0.717) is 12.1 Å². The van der Waals surface area contributed by atoms with Crippen LogP contribution in [0.1, 0.15) is 37.6 Å². The second-order valence-corrected chi connectivity index (χ2v) is 7.14. The number of piperazine rings is 1. The van der Waals surface area contributed by atoms with Gasteiger partial charge in [-0.1, -0.05) is 0 Å². The van der Waals surface area contributed by atoms with Gasteiger partial charge in [-0.05, 0) is 51.5 Å². The van der Waals surface area contributed by atoms with Crippen molar-refractivity contribution in [3.63, 3.8) is 0 Å². The van der Waals surface area contributed by atoms with Crippen LogP contribution in [0.15, 0.2) is 24.3 Å². The minimum atomic E-state index is -0.0246. The summed E-state index contributed by atoms with van der Waals surface area (Å²) < 4.78 is 0. The van der Waals surface area contributed by atoms with Crippen molar-refractivity contribution in [3.8, 4) is 0 Å². The molecule has 114 valence electrons. The van der Waals surface area contributed by atoms with Crippen molar-refractivity contribution in [2.75, 3.05) is 25.0 Å². The van der Waals surface area contributed by atoms with Gasteiger partial charge in [0.1, 0.15) is 0 Å². The predicted octanol–water partition coefficient (Wildman–Crippen LogP) is 2.11. The molecule has 1 aromatic carbocycles. The summed E-state index contributed by atoms with van der Waals surface area (Å²) in [6.07, 6.45) is 1.26. The second-order valence-electron chi connectivity index (χ2n) is 7.14. The van der Waals surface area contributed by atoms with Crippen LogP contribution in [0, 0.1) is 0 Å². The van der Waals surface area contributed by atoms with Gasteiger partial charge in [-0.2, -0.15) is 0 Å². The lowest BCUT2D eigenvalue weighted by molar-refractivity contribution is 0.0963. The van der Waals surface area contributed by atoms with Crippen molar-refractivity contribution >= 4 is 11.6 Å². The molecule has 2 aliphatic heterocycles. The number of hydrogen-bond acceptors (Lipinski definition) is 3. The van der Waals surface area contributed by atoms with Gasteiger partial charge in [-0.3, -0.25) is 9.69 Å². The molecule has 2 aliphatic rings. The van der Waals surface area contributed by atoms with Crippen LogP contribution < -0.4 is 10.2 Å². The number of amides is 1. The molecule has 0 aliphatic carbocycles. The lowest BCUT2D eigenvalue weighted by atomic mass is 10.0. The highest BCUT2D eigenvalue weighted by Gasteiger charge is 2.46. The lowest BCUT2D eigenvalue weighted by Gasteiger charge is -2.42. The number of fused-ring (bicyclic) bond motifs is 2. The second kappa shape index (κ2) is 5.02. The van der Waals surface area contributed by atoms with Gasteiger partial charge >= 0.3 is 0 Å². The van der Waals surface area contributed by atoms with Crippen molar-refractivity contribution in [2.45, 2.75) is 44.8 Å². The number of likely N-dealkylation sites (tertiary alicyclic amines) is 1. The van der Waals surface area contributed by atoms with Gasteiger partial charge in [0.2, 0.25) is 0 Å². The number of carbonyl (C=O) groups is 1. The summed E-state index contributed by atoms with van der Waals surface area (Å²) in [6.45, 7) is 9.15. The van der Waals surface area contributed by atoms with Crippen LogP contribution >= 0.6 is 0 Å². The first-order valence-corrected chi connectivity index (χ1v) is 7.75. The normalized spacial score (nSPS) is 25.4. The molecule has 1 aromatic rings. The van der Waals surface area contributed by atoms with E-state index in [9.17, 15) is 4.79 Å². The highest BCUT2D eigenvalue weighted by Crippen LogP contribution is 2.38. The molecule has 0 unspecified atom stereocenters. The van der Waals surface area contributed by atoms with Crippen molar-refractivity contribution < 1.29 is 4.79 Å². The number of nitrogens with one attached hydrogen (secondary N) is 1. The van der Waals surface area contributed by atoms with Crippen LogP contribution in [-0.4, -0.2) is 48.6 Å². The van der Waals surface area contributed by atoms with E-state index in [1.807, 2.05) is 12.1 Å². The molecule has 3 rings (SSSR count). The lowest BCUT2D eigenvalue weighted by Crippen LogP contribution is -2.53. The highest BCUT2D eigenvalue weighted by molar-refractivity contribution is 5.94. The van der Waals surface area contributed by atoms with Crippen LogP contribution in [-0.2, 0) is 0 Å². The van der Waals surface area contributed by atoms with Gasteiger partial charge in [-0.15, -0.1) is 0 Å². The first-order chi connectivity index (χ1) is 9.90. The summed E-state index contributed by atoms with van der Waals surface area (Å²) in [5.74, 6) is -0.0246. The quantitative estimate of drug-likeness (QED) is 0.905. The molecule has 1 N–H and O–H groups in total. The van der Waals surface area contributed by atoms with Crippen LogP contribution in [0.2, 0.25) is 0 Å².